The first-order chi connectivity index (χ1) is 17.3. The van der Waals surface area contributed by atoms with Gasteiger partial charge in [0.2, 0.25) is 12.2 Å². The van der Waals surface area contributed by atoms with Gasteiger partial charge < -0.3 is 20.1 Å². The van der Waals surface area contributed by atoms with Gasteiger partial charge in [0, 0.05) is 22.5 Å². The van der Waals surface area contributed by atoms with Gasteiger partial charge in [0.15, 0.2) is 5.01 Å². The lowest BCUT2D eigenvalue weighted by atomic mass is 10.0. The summed E-state index contributed by atoms with van der Waals surface area (Å²) in [5.41, 5.74) is 1.14. The van der Waals surface area contributed by atoms with Gasteiger partial charge in [-0.15, -0.1) is 10.2 Å². The first-order valence-corrected chi connectivity index (χ1v) is 13.3. The van der Waals surface area contributed by atoms with Crippen molar-refractivity contribution in [2.75, 3.05) is 25.5 Å². The Morgan fingerprint density at radius 3 is 2.64 bits per heavy atom. The normalized spacial score (nSPS) is 19.1. The second-order valence-corrected chi connectivity index (χ2v) is 10.9. The average molecular weight is 521 g/mol. The monoisotopic (exact) mass is 520 g/mol. The van der Waals surface area contributed by atoms with Crippen LogP contribution in [0, 0.1) is 5.41 Å². The lowest BCUT2D eigenvalue weighted by molar-refractivity contribution is -0.126. The Morgan fingerprint density at radius 1 is 1.22 bits per heavy atom. The van der Waals surface area contributed by atoms with E-state index in [1.807, 2.05) is 13.0 Å². The van der Waals surface area contributed by atoms with Gasteiger partial charge in [-0.25, -0.2) is 13.2 Å². The van der Waals surface area contributed by atoms with Crippen molar-refractivity contribution in [3.05, 3.63) is 29.3 Å². The Bertz CT molecular complexity index is 1230. The minimum Gasteiger partial charge on any atom is -0.382 e. The smallest absolute Gasteiger partial charge is 0.288 e. The maximum absolute atomic E-state index is 14.9. The zero-order chi connectivity index (χ0) is 25.4. The minimum absolute atomic E-state index is 0.00186. The summed E-state index contributed by atoms with van der Waals surface area (Å²) in [7, 11) is 2.09. The third-order valence-electron chi connectivity index (χ3n) is 7.51. The zero-order valence-corrected chi connectivity index (χ0v) is 21.3. The number of hydrogen-bond acceptors (Lipinski definition) is 6. The lowest BCUT2D eigenvalue weighted by Gasteiger charge is -2.30. The Balaban J connectivity index is 1.44. The molecule has 2 fully saturated rings. The Kier molecular flexibility index (Phi) is 6.95. The number of anilines is 1. The van der Waals surface area contributed by atoms with Gasteiger partial charge in [-0.05, 0) is 70.4 Å². The number of likely N-dealkylation sites (tertiary alicyclic amines) is 1. The molecule has 1 atom stereocenters. The van der Waals surface area contributed by atoms with E-state index >= 15 is 0 Å². The molecule has 2 aliphatic rings. The summed E-state index contributed by atoms with van der Waals surface area (Å²) in [6.45, 7) is 4.15. The average Bonchev–Trinajstić information content (AvgIpc) is 3.37. The highest BCUT2D eigenvalue weighted by atomic mass is 32.1. The van der Waals surface area contributed by atoms with Gasteiger partial charge >= 0.3 is 0 Å². The van der Waals surface area contributed by atoms with Gasteiger partial charge in [0.1, 0.15) is 5.01 Å². The molecule has 1 aliphatic heterocycles. The quantitative estimate of drug-likeness (QED) is 0.405. The Morgan fingerprint density at radius 2 is 1.97 bits per heavy atom. The van der Waals surface area contributed by atoms with E-state index in [0.717, 1.165) is 55.4 Å². The van der Waals surface area contributed by atoms with Crippen molar-refractivity contribution in [1.82, 2.24) is 25.0 Å². The highest BCUT2D eigenvalue weighted by molar-refractivity contribution is 7.14. The molecule has 5 rings (SSSR count). The molecular weight excluding hydrogens is 489 g/mol. The highest BCUT2D eigenvalue weighted by Crippen LogP contribution is 2.48. The number of carbonyl (C=O) groups is 1. The first kappa shape index (κ1) is 25.0. The standard InChI is InChI=1S/C25H31F3N6OS/c1-3-25(9-10-25)24(35)29-14-20-31-32-23(36-20)19-13-16-17(30-15-7-11-33(2)12-8-15)5-4-6-18(16)34(19)22(28)21(26)27/h4-6,13,15,21-22,30H,3,7-12,14H2,1-2H3,(H,29,35). The summed E-state index contributed by atoms with van der Waals surface area (Å²) in [6, 6.07) is 7.26. The maximum Gasteiger partial charge on any atom is 0.288 e. The van der Waals surface area contributed by atoms with Gasteiger partial charge in [0.25, 0.3) is 6.43 Å². The fraction of sp³-hybridized carbons (Fsp3) is 0.560. The molecular formula is C25H31F3N6OS. The second-order valence-electron chi connectivity index (χ2n) is 9.88. The third kappa shape index (κ3) is 4.82. The fourth-order valence-corrected chi connectivity index (χ4v) is 5.75. The van der Waals surface area contributed by atoms with Crippen molar-refractivity contribution >= 4 is 33.8 Å². The van der Waals surface area contributed by atoms with Gasteiger partial charge in [-0.3, -0.25) is 4.79 Å². The second kappa shape index (κ2) is 10.0. The van der Waals surface area contributed by atoms with Crippen LogP contribution in [0.2, 0.25) is 0 Å². The number of nitrogens with zero attached hydrogens (tertiary/aromatic N) is 4. The first-order valence-electron chi connectivity index (χ1n) is 12.4. The Labute approximate surface area is 212 Å². The van der Waals surface area contributed by atoms with E-state index in [9.17, 15) is 18.0 Å². The lowest BCUT2D eigenvalue weighted by Crippen LogP contribution is -2.36. The number of alkyl halides is 3. The van der Waals surface area contributed by atoms with Crippen LogP contribution in [0.3, 0.4) is 0 Å². The predicted molar refractivity (Wildman–Crippen MR) is 135 cm³/mol. The summed E-state index contributed by atoms with van der Waals surface area (Å²) in [4.78, 5) is 14.7. The van der Waals surface area contributed by atoms with Crippen LogP contribution in [0.4, 0.5) is 18.9 Å². The predicted octanol–water partition coefficient (Wildman–Crippen LogP) is 5.21. The SMILES string of the molecule is CCC1(C(=O)NCc2nnc(-c3cc4c(NC5CCN(C)CC5)cccc4n3C(F)C(F)F)s2)CC1. The molecule has 11 heteroatoms. The molecule has 1 amide bonds. The molecule has 1 saturated heterocycles. The van der Waals surface area contributed by atoms with E-state index in [1.54, 1.807) is 18.2 Å². The molecule has 194 valence electrons. The molecule has 2 N–H and O–H groups in total. The van der Waals surface area contributed by atoms with E-state index in [-0.39, 0.29) is 29.6 Å². The number of fused-ring (bicyclic) bond motifs is 1. The largest absolute Gasteiger partial charge is 0.382 e. The molecule has 36 heavy (non-hydrogen) atoms. The topological polar surface area (TPSA) is 75.1 Å². The molecule has 7 nitrogen and oxygen atoms in total. The van der Waals surface area contributed by atoms with Crippen LogP contribution < -0.4 is 10.6 Å². The van der Waals surface area contributed by atoms with Crippen LogP contribution in [-0.4, -0.2) is 58.2 Å². The van der Waals surface area contributed by atoms with Crippen molar-refractivity contribution in [1.29, 1.82) is 0 Å². The number of rotatable bonds is 9. The number of hydrogen-bond donors (Lipinski definition) is 2. The molecule has 3 heterocycles. The number of benzene rings is 1. The number of piperidine rings is 1. The van der Waals surface area contributed by atoms with Crippen molar-refractivity contribution in [3.8, 4) is 10.7 Å². The van der Waals surface area contributed by atoms with E-state index < -0.39 is 12.7 Å². The fourth-order valence-electron chi connectivity index (χ4n) is 4.96. The molecule has 0 radical (unpaired) electrons. The molecule has 1 aliphatic carbocycles. The molecule has 1 unspecified atom stereocenters. The molecule has 0 bridgehead atoms. The molecule has 2 aromatic heterocycles. The summed E-state index contributed by atoms with van der Waals surface area (Å²) < 4.78 is 43.1. The van der Waals surface area contributed by atoms with Crippen LogP contribution in [0.15, 0.2) is 24.3 Å². The molecule has 1 saturated carbocycles. The van der Waals surface area contributed by atoms with Crippen LogP contribution in [0.1, 0.15) is 50.3 Å². The summed E-state index contributed by atoms with van der Waals surface area (Å²) in [5.74, 6) is 0.00186. The summed E-state index contributed by atoms with van der Waals surface area (Å²) >= 11 is 1.17. The summed E-state index contributed by atoms with van der Waals surface area (Å²) in [5, 5.41) is 16.3. The number of aromatic nitrogens is 3. The molecule has 1 aromatic carbocycles. The molecule has 0 spiro atoms. The van der Waals surface area contributed by atoms with E-state index in [0.29, 0.717) is 20.9 Å². The number of amides is 1. The van der Waals surface area contributed by atoms with Gasteiger partial charge in [-0.1, -0.05) is 24.3 Å². The van der Waals surface area contributed by atoms with Crippen molar-refractivity contribution in [3.63, 3.8) is 0 Å². The highest BCUT2D eigenvalue weighted by Gasteiger charge is 2.47. The number of halogens is 3. The Hall–Kier alpha value is -2.66. The van der Waals surface area contributed by atoms with Crippen LogP contribution in [0.5, 0.6) is 0 Å². The van der Waals surface area contributed by atoms with Crippen molar-refractivity contribution in [2.24, 2.45) is 5.41 Å². The van der Waals surface area contributed by atoms with Crippen molar-refractivity contribution in [2.45, 2.75) is 64.3 Å². The minimum atomic E-state index is -3.19. The van der Waals surface area contributed by atoms with Crippen LogP contribution in [-0.2, 0) is 11.3 Å². The number of nitrogens with one attached hydrogen (secondary N) is 2. The van der Waals surface area contributed by atoms with E-state index in [2.05, 4.69) is 32.8 Å². The van der Waals surface area contributed by atoms with Gasteiger partial charge in [-0.2, -0.15) is 0 Å². The van der Waals surface area contributed by atoms with Crippen molar-refractivity contribution < 1.29 is 18.0 Å². The van der Waals surface area contributed by atoms with Gasteiger partial charge in [0.05, 0.1) is 17.8 Å². The number of carbonyl (C=O) groups excluding carboxylic acids is 1. The van der Waals surface area contributed by atoms with E-state index in [4.69, 9.17) is 0 Å². The zero-order valence-electron chi connectivity index (χ0n) is 20.4. The van der Waals surface area contributed by atoms with E-state index in [1.165, 1.54) is 11.3 Å². The third-order valence-corrected chi connectivity index (χ3v) is 8.46. The van der Waals surface area contributed by atoms with Crippen LogP contribution >= 0.6 is 11.3 Å². The van der Waals surface area contributed by atoms with Crippen LogP contribution in [0.25, 0.3) is 21.6 Å². The maximum atomic E-state index is 14.9. The molecule has 3 aromatic rings. The summed E-state index contributed by atoms with van der Waals surface area (Å²) in [6.07, 6.45) is -1.23.